The summed E-state index contributed by atoms with van der Waals surface area (Å²) in [4.78, 5) is 12.4. The van der Waals surface area contributed by atoms with Crippen molar-refractivity contribution in [1.29, 1.82) is 0 Å². The number of fused-ring (bicyclic) bond motifs is 1. The maximum absolute atomic E-state index is 12.4. The van der Waals surface area contributed by atoms with Gasteiger partial charge in [0.1, 0.15) is 17.1 Å². The highest BCUT2D eigenvalue weighted by Crippen LogP contribution is 2.39. The molecule has 1 N–H and O–H groups in total. The summed E-state index contributed by atoms with van der Waals surface area (Å²) in [6.07, 6.45) is 0.722. The third-order valence-electron chi connectivity index (χ3n) is 4.56. The summed E-state index contributed by atoms with van der Waals surface area (Å²) in [5, 5.41) is 3.08. The van der Waals surface area contributed by atoms with Crippen LogP contribution in [0.1, 0.15) is 43.0 Å². The number of amides is 1. The Morgan fingerprint density at radius 3 is 2.72 bits per heavy atom. The Kier molecular flexibility index (Phi) is 4.71. The molecular weight excluding hydrogens is 314 g/mol. The molecule has 1 amide bonds. The molecule has 0 aromatic heterocycles. The molecule has 0 spiro atoms. The summed E-state index contributed by atoms with van der Waals surface area (Å²) < 4.78 is 11.6. The quantitative estimate of drug-likeness (QED) is 0.912. The molecule has 0 saturated heterocycles. The van der Waals surface area contributed by atoms with Crippen LogP contribution in [0.15, 0.2) is 42.5 Å². The van der Waals surface area contributed by atoms with Crippen LogP contribution >= 0.6 is 0 Å². The average Bonchev–Trinajstić information content (AvgIpc) is 2.55. The Bertz CT molecular complexity index is 782. The van der Waals surface area contributed by atoms with Gasteiger partial charge in [-0.2, -0.15) is 0 Å². The number of ether oxygens (including phenoxy) is 2. The summed E-state index contributed by atoms with van der Waals surface area (Å²) in [5.41, 5.74) is 3.05. The first-order valence-corrected chi connectivity index (χ1v) is 8.61. The third kappa shape index (κ3) is 4.13. The van der Waals surface area contributed by atoms with Gasteiger partial charge in [-0.15, -0.1) is 0 Å². The zero-order valence-electron chi connectivity index (χ0n) is 15.3. The molecule has 25 heavy (non-hydrogen) atoms. The summed E-state index contributed by atoms with van der Waals surface area (Å²) >= 11 is 0. The lowest BCUT2D eigenvalue weighted by Gasteiger charge is -2.37. The number of nitrogens with one attached hydrogen (secondary N) is 1. The maximum atomic E-state index is 12.4. The van der Waals surface area contributed by atoms with E-state index in [1.807, 2.05) is 63.2 Å². The number of hydrogen-bond donors (Lipinski definition) is 1. The van der Waals surface area contributed by atoms with Crippen molar-refractivity contribution in [3.63, 3.8) is 0 Å². The summed E-state index contributed by atoms with van der Waals surface area (Å²) in [6, 6.07) is 13.6. The van der Waals surface area contributed by atoms with Gasteiger partial charge in [-0.1, -0.05) is 24.3 Å². The lowest BCUT2D eigenvalue weighted by molar-refractivity contribution is -0.124. The van der Waals surface area contributed by atoms with Crippen molar-refractivity contribution in [2.75, 3.05) is 6.61 Å². The normalized spacial score (nSPS) is 18.0. The highest BCUT2D eigenvalue weighted by Gasteiger charge is 2.34. The van der Waals surface area contributed by atoms with E-state index >= 15 is 0 Å². The number of benzene rings is 2. The van der Waals surface area contributed by atoms with E-state index in [4.69, 9.17) is 9.47 Å². The van der Waals surface area contributed by atoms with Crippen molar-refractivity contribution in [3.8, 4) is 11.5 Å². The van der Waals surface area contributed by atoms with Crippen LogP contribution in [0.3, 0.4) is 0 Å². The molecule has 1 heterocycles. The molecule has 1 aliphatic rings. The number of rotatable bonds is 4. The highest BCUT2D eigenvalue weighted by molar-refractivity contribution is 5.78. The summed E-state index contributed by atoms with van der Waals surface area (Å²) in [7, 11) is 0. The Balaban J connectivity index is 1.65. The molecule has 0 fully saturated rings. The molecule has 4 nitrogen and oxygen atoms in total. The van der Waals surface area contributed by atoms with Gasteiger partial charge in [-0.05, 0) is 57.0 Å². The van der Waals surface area contributed by atoms with E-state index in [2.05, 4.69) is 12.2 Å². The standard InChI is InChI=1S/C21H25NO3/c1-14-9-10-16(11-15(14)2)24-13-20(23)22-18-12-21(3,4)25-19-8-6-5-7-17(18)19/h5-11,18H,12-13H2,1-4H3,(H,22,23)/t18-/m0/s1. The third-order valence-corrected chi connectivity index (χ3v) is 4.56. The molecule has 0 bridgehead atoms. The van der Waals surface area contributed by atoms with E-state index in [1.54, 1.807) is 0 Å². The largest absolute Gasteiger partial charge is 0.487 e. The van der Waals surface area contributed by atoms with Crippen LogP contribution < -0.4 is 14.8 Å². The minimum absolute atomic E-state index is 0.00243. The van der Waals surface area contributed by atoms with Crippen LogP contribution in [-0.4, -0.2) is 18.1 Å². The van der Waals surface area contributed by atoms with Gasteiger partial charge in [0.05, 0.1) is 6.04 Å². The zero-order valence-corrected chi connectivity index (χ0v) is 15.3. The second kappa shape index (κ2) is 6.79. The molecule has 2 aromatic carbocycles. The van der Waals surface area contributed by atoms with E-state index in [0.717, 1.165) is 23.3 Å². The van der Waals surface area contributed by atoms with Crippen LogP contribution in [-0.2, 0) is 4.79 Å². The van der Waals surface area contributed by atoms with Gasteiger partial charge >= 0.3 is 0 Å². The fourth-order valence-corrected chi connectivity index (χ4v) is 3.12. The average molecular weight is 339 g/mol. The monoisotopic (exact) mass is 339 g/mol. The van der Waals surface area contributed by atoms with E-state index in [0.29, 0.717) is 5.75 Å². The molecule has 0 aliphatic carbocycles. The minimum atomic E-state index is -0.318. The van der Waals surface area contributed by atoms with Crippen molar-refractivity contribution >= 4 is 5.91 Å². The first kappa shape index (κ1) is 17.3. The number of para-hydroxylation sites is 1. The van der Waals surface area contributed by atoms with Crippen LogP contribution in [0.5, 0.6) is 11.5 Å². The first-order valence-electron chi connectivity index (χ1n) is 8.61. The highest BCUT2D eigenvalue weighted by atomic mass is 16.5. The van der Waals surface area contributed by atoms with E-state index in [-0.39, 0.29) is 24.2 Å². The molecule has 4 heteroatoms. The predicted molar refractivity (Wildman–Crippen MR) is 98.1 cm³/mol. The van der Waals surface area contributed by atoms with Gasteiger partial charge in [0.15, 0.2) is 6.61 Å². The molecular formula is C21H25NO3. The second-order valence-corrected chi connectivity index (χ2v) is 7.26. The van der Waals surface area contributed by atoms with Crippen LogP contribution in [0.2, 0.25) is 0 Å². The Morgan fingerprint density at radius 1 is 1.20 bits per heavy atom. The molecule has 2 aromatic rings. The van der Waals surface area contributed by atoms with E-state index in [1.165, 1.54) is 5.56 Å². The van der Waals surface area contributed by atoms with Gasteiger partial charge < -0.3 is 14.8 Å². The number of carbonyl (C=O) groups is 1. The summed E-state index contributed by atoms with van der Waals surface area (Å²) in [5.74, 6) is 1.42. The van der Waals surface area contributed by atoms with E-state index < -0.39 is 0 Å². The van der Waals surface area contributed by atoms with Crippen molar-refractivity contribution in [2.45, 2.75) is 45.8 Å². The molecule has 0 saturated carbocycles. The lowest BCUT2D eigenvalue weighted by Crippen LogP contribution is -2.42. The number of hydrogen-bond acceptors (Lipinski definition) is 3. The van der Waals surface area contributed by atoms with Crippen LogP contribution in [0.25, 0.3) is 0 Å². The zero-order chi connectivity index (χ0) is 18.0. The predicted octanol–water partition coefficient (Wildman–Crippen LogP) is 4.10. The topological polar surface area (TPSA) is 47.6 Å². The van der Waals surface area contributed by atoms with Crippen molar-refractivity contribution in [2.24, 2.45) is 0 Å². The summed E-state index contributed by atoms with van der Waals surface area (Å²) in [6.45, 7) is 8.16. The SMILES string of the molecule is Cc1ccc(OCC(=O)N[C@H]2CC(C)(C)Oc3ccccc32)cc1C. The number of aryl methyl sites for hydroxylation is 2. The number of carbonyl (C=O) groups excluding carboxylic acids is 1. The Hall–Kier alpha value is -2.49. The van der Waals surface area contributed by atoms with Crippen molar-refractivity contribution in [3.05, 3.63) is 59.2 Å². The molecule has 132 valence electrons. The van der Waals surface area contributed by atoms with Crippen LogP contribution in [0.4, 0.5) is 0 Å². The van der Waals surface area contributed by atoms with Crippen molar-refractivity contribution in [1.82, 2.24) is 5.32 Å². The molecule has 0 radical (unpaired) electrons. The lowest BCUT2D eigenvalue weighted by atomic mass is 9.90. The first-order chi connectivity index (χ1) is 11.8. The van der Waals surface area contributed by atoms with Gasteiger partial charge in [-0.3, -0.25) is 4.79 Å². The van der Waals surface area contributed by atoms with Gasteiger partial charge in [0.25, 0.3) is 5.91 Å². The molecule has 1 atom stereocenters. The van der Waals surface area contributed by atoms with Gasteiger partial charge in [0, 0.05) is 12.0 Å². The Morgan fingerprint density at radius 2 is 1.96 bits per heavy atom. The molecule has 1 aliphatic heterocycles. The minimum Gasteiger partial charge on any atom is -0.487 e. The Labute approximate surface area is 149 Å². The fraction of sp³-hybridized carbons (Fsp3) is 0.381. The van der Waals surface area contributed by atoms with Gasteiger partial charge in [0.2, 0.25) is 0 Å². The molecule has 0 unspecified atom stereocenters. The maximum Gasteiger partial charge on any atom is 0.258 e. The van der Waals surface area contributed by atoms with Crippen LogP contribution in [0, 0.1) is 13.8 Å². The molecule has 3 rings (SSSR count). The smallest absolute Gasteiger partial charge is 0.258 e. The van der Waals surface area contributed by atoms with Crippen molar-refractivity contribution < 1.29 is 14.3 Å². The fourth-order valence-electron chi connectivity index (χ4n) is 3.12. The van der Waals surface area contributed by atoms with Gasteiger partial charge in [-0.25, -0.2) is 0 Å². The van der Waals surface area contributed by atoms with E-state index in [9.17, 15) is 4.79 Å². The second-order valence-electron chi connectivity index (χ2n) is 7.26.